The van der Waals surface area contributed by atoms with Gasteiger partial charge in [-0.15, -0.1) is 0 Å². The van der Waals surface area contributed by atoms with Crippen molar-refractivity contribution in [1.82, 2.24) is 4.98 Å². The summed E-state index contributed by atoms with van der Waals surface area (Å²) in [4.78, 5) is 23.4. The molecule has 1 aliphatic heterocycles. The molecule has 0 spiro atoms. The number of rotatable bonds is 4. The van der Waals surface area contributed by atoms with Crippen molar-refractivity contribution in [2.45, 2.75) is 24.5 Å². The van der Waals surface area contributed by atoms with E-state index in [2.05, 4.69) is 9.51 Å². The summed E-state index contributed by atoms with van der Waals surface area (Å²) in [7, 11) is -5.19. The van der Waals surface area contributed by atoms with E-state index in [-0.39, 0.29) is 11.6 Å². The van der Waals surface area contributed by atoms with E-state index < -0.39 is 39.0 Å². The minimum atomic E-state index is -5.19. The molecule has 1 fully saturated rings. The standard InChI is InChI=1S/C8H15N4O7P/c9-6-7(10)12(2-11-6)8-5(14)4(13)3(19-8)1-18-20(15,16)17/h2-5,8,13-14H,1,9-10H2,(H2,15,16,17)/p-1. The summed E-state index contributed by atoms with van der Waals surface area (Å²) in [6, 6.07) is 0. The lowest BCUT2D eigenvalue weighted by Crippen LogP contribution is -2.46. The molecule has 7 N–H and O–H groups in total. The van der Waals surface area contributed by atoms with Crippen LogP contribution in [0, 0.1) is 0 Å². The van der Waals surface area contributed by atoms with E-state index >= 15 is 0 Å². The highest BCUT2D eigenvalue weighted by Gasteiger charge is 2.46. The summed E-state index contributed by atoms with van der Waals surface area (Å²) in [5.41, 5.74) is 11.1. The first-order valence-electron chi connectivity index (χ1n) is 5.52. The summed E-state index contributed by atoms with van der Waals surface area (Å²) in [5, 5.41) is 19.6. The maximum atomic E-state index is 10.4. The van der Waals surface area contributed by atoms with Gasteiger partial charge in [0.1, 0.15) is 18.3 Å². The Morgan fingerprint density at radius 3 is 2.60 bits per heavy atom. The van der Waals surface area contributed by atoms with Crippen molar-refractivity contribution in [2.24, 2.45) is 0 Å². The molecular weight excluding hydrogens is 295 g/mol. The van der Waals surface area contributed by atoms with Crippen LogP contribution in [-0.2, 0) is 13.8 Å². The number of nitrogens with zero attached hydrogens (tertiary/aromatic N) is 1. The van der Waals surface area contributed by atoms with Crippen molar-refractivity contribution in [1.29, 1.82) is 0 Å². The highest BCUT2D eigenvalue weighted by atomic mass is 31.2. The van der Waals surface area contributed by atoms with Gasteiger partial charge in [0.05, 0.1) is 14.4 Å². The van der Waals surface area contributed by atoms with Gasteiger partial charge in [0.2, 0.25) is 12.0 Å². The number of hydrogen-bond donors (Lipinski definition) is 5. The maximum absolute atomic E-state index is 10.4. The van der Waals surface area contributed by atoms with Crippen LogP contribution in [0.5, 0.6) is 0 Å². The number of ether oxygens (including phenoxy) is 1. The molecule has 0 aliphatic carbocycles. The summed E-state index contributed by atoms with van der Waals surface area (Å²) in [6.07, 6.45) is -3.82. The first kappa shape index (κ1) is 15.2. The third-order valence-electron chi connectivity index (χ3n) is 2.92. The molecule has 11 nitrogen and oxygen atoms in total. The van der Waals surface area contributed by atoms with Crippen molar-refractivity contribution in [3.63, 3.8) is 0 Å². The van der Waals surface area contributed by atoms with Crippen molar-refractivity contribution in [3.8, 4) is 0 Å². The number of nitrogen functional groups attached to an aromatic ring is 2. The highest BCUT2D eigenvalue weighted by Crippen LogP contribution is 2.31. The summed E-state index contributed by atoms with van der Waals surface area (Å²) < 4.78 is 20.9. The molecule has 4 unspecified atom stereocenters. The monoisotopic (exact) mass is 309 g/mol. The van der Waals surface area contributed by atoms with Gasteiger partial charge in [-0.1, -0.05) is 0 Å². The summed E-state index contributed by atoms with van der Waals surface area (Å²) >= 11 is 0. The Hall–Kier alpha value is -1.20. The van der Waals surface area contributed by atoms with Gasteiger partial charge in [0, 0.05) is 0 Å². The van der Waals surface area contributed by atoms with Crippen molar-refractivity contribution < 1.29 is 38.4 Å². The second kappa shape index (κ2) is 5.30. The fourth-order valence-corrected chi connectivity index (χ4v) is 2.22. The second-order valence-corrected chi connectivity index (χ2v) is 5.42. The van der Waals surface area contributed by atoms with Gasteiger partial charge in [0.15, 0.2) is 6.33 Å². The summed E-state index contributed by atoms with van der Waals surface area (Å²) in [6.45, 7) is -0.709. The third-order valence-corrected chi connectivity index (χ3v) is 3.39. The van der Waals surface area contributed by atoms with E-state index in [0.717, 1.165) is 0 Å². The largest absolute Gasteiger partial charge is 0.790 e. The molecule has 1 aromatic rings. The fraction of sp³-hybridized carbons (Fsp3) is 0.625. The van der Waals surface area contributed by atoms with Crippen LogP contribution in [0.4, 0.5) is 11.6 Å². The summed E-state index contributed by atoms with van der Waals surface area (Å²) in [5.74, 6) is 0.208. The number of aliphatic hydroxyl groups excluding tert-OH is 2. The maximum Gasteiger partial charge on any atom is 0.278 e. The Balaban J connectivity index is 2.11. The molecule has 0 amide bonds. The predicted octanol–water partition coefficient (Wildman–Crippen LogP) is -4.07. The van der Waals surface area contributed by atoms with Crippen LogP contribution in [0.3, 0.4) is 0 Å². The lowest BCUT2D eigenvalue weighted by atomic mass is 10.1. The normalized spacial score (nSPS) is 30.8. The number of phosphoric ester groups is 1. The molecule has 0 bridgehead atoms. The zero-order valence-electron chi connectivity index (χ0n) is 10.1. The molecule has 2 heterocycles. The van der Waals surface area contributed by atoms with Crippen LogP contribution < -0.4 is 25.8 Å². The molecule has 1 saturated heterocycles. The predicted molar refractivity (Wildman–Crippen MR) is 59.3 cm³/mol. The number of aliphatic hydroxyl groups is 2. The minimum Gasteiger partial charge on any atom is -0.790 e. The number of nitrogens with one attached hydrogen (secondary N) is 1. The van der Waals surface area contributed by atoms with E-state index in [0.29, 0.717) is 0 Å². The number of imidazole rings is 1. The number of aromatic amines is 1. The van der Waals surface area contributed by atoms with Crippen molar-refractivity contribution in [2.75, 3.05) is 18.1 Å². The molecule has 1 aromatic heterocycles. The van der Waals surface area contributed by atoms with E-state index in [1.807, 2.05) is 0 Å². The van der Waals surface area contributed by atoms with E-state index in [9.17, 15) is 24.6 Å². The molecule has 1 aliphatic rings. The Labute approximate surface area is 113 Å². The lowest BCUT2D eigenvalue weighted by molar-refractivity contribution is -0.752. The van der Waals surface area contributed by atoms with Gasteiger partial charge in [-0.05, 0) is 0 Å². The molecule has 4 atom stereocenters. The zero-order valence-corrected chi connectivity index (χ0v) is 11.0. The Kier molecular flexibility index (Phi) is 4.02. The molecule has 2 rings (SSSR count). The molecule has 12 heteroatoms. The van der Waals surface area contributed by atoms with E-state index in [1.54, 1.807) is 0 Å². The highest BCUT2D eigenvalue weighted by molar-refractivity contribution is 7.43. The average Bonchev–Trinajstić information content (AvgIpc) is 2.81. The van der Waals surface area contributed by atoms with Gasteiger partial charge in [-0.2, -0.15) is 0 Å². The van der Waals surface area contributed by atoms with Gasteiger partial charge in [0.25, 0.3) is 5.82 Å². The SMILES string of the molecule is Nc1[nH]c[n+](C2OC(COP(=O)([O-])[O-])C(O)C2O)c1N. The first-order valence-corrected chi connectivity index (χ1v) is 6.98. The van der Waals surface area contributed by atoms with Gasteiger partial charge in [-0.25, -0.2) is 4.57 Å². The number of aromatic nitrogens is 2. The molecule has 114 valence electrons. The van der Waals surface area contributed by atoms with Gasteiger partial charge in [-0.3, -0.25) is 4.98 Å². The minimum absolute atomic E-state index is 0.0705. The Bertz CT molecular complexity index is 531. The van der Waals surface area contributed by atoms with Gasteiger partial charge >= 0.3 is 0 Å². The lowest BCUT2D eigenvalue weighted by Gasteiger charge is -2.30. The molecular formula is C8H14N4O7P-. The smallest absolute Gasteiger partial charge is 0.278 e. The number of H-pyrrole nitrogens is 1. The number of anilines is 2. The van der Waals surface area contributed by atoms with Crippen molar-refractivity contribution in [3.05, 3.63) is 6.33 Å². The van der Waals surface area contributed by atoms with Crippen LogP contribution in [0.25, 0.3) is 0 Å². The van der Waals surface area contributed by atoms with Crippen LogP contribution in [0.1, 0.15) is 6.23 Å². The van der Waals surface area contributed by atoms with Crippen molar-refractivity contribution >= 4 is 19.5 Å². The molecule has 0 radical (unpaired) electrons. The van der Waals surface area contributed by atoms with Crippen LogP contribution in [-0.4, -0.2) is 40.1 Å². The average molecular weight is 309 g/mol. The van der Waals surface area contributed by atoms with E-state index in [4.69, 9.17) is 16.2 Å². The molecule has 0 saturated carbocycles. The van der Waals surface area contributed by atoms with Gasteiger partial charge < -0.3 is 45.3 Å². The van der Waals surface area contributed by atoms with E-state index in [1.165, 1.54) is 10.9 Å². The zero-order chi connectivity index (χ0) is 15.1. The second-order valence-electron chi connectivity index (χ2n) is 4.27. The van der Waals surface area contributed by atoms with Crippen LogP contribution in [0.15, 0.2) is 6.33 Å². The number of hydrogen-bond acceptors (Lipinski definition) is 9. The fourth-order valence-electron chi connectivity index (χ4n) is 1.89. The number of phosphoric acid groups is 1. The van der Waals surface area contributed by atoms with Crippen LogP contribution >= 0.6 is 7.82 Å². The topological polar surface area (TPSA) is 194 Å². The number of nitrogens with two attached hydrogens (primary N) is 2. The molecule has 0 aromatic carbocycles. The van der Waals surface area contributed by atoms with Crippen LogP contribution in [0.2, 0.25) is 0 Å². The Morgan fingerprint density at radius 1 is 1.45 bits per heavy atom. The third kappa shape index (κ3) is 2.94. The first-order chi connectivity index (χ1) is 9.20. The quantitative estimate of drug-likeness (QED) is 0.271. The molecule has 20 heavy (non-hydrogen) atoms. The Morgan fingerprint density at radius 2 is 2.10 bits per heavy atom.